The Kier molecular flexibility index (Phi) is 9.18. The number of aromatic nitrogens is 1. The number of hydrogen-bond acceptors (Lipinski definition) is 2. The second kappa shape index (κ2) is 13.3. The van der Waals surface area contributed by atoms with E-state index in [-0.39, 0.29) is 0 Å². The lowest BCUT2D eigenvalue weighted by atomic mass is 9.83. The first-order valence-electron chi connectivity index (χ1n) is 15.5. The average Bonchev–Trinajstić information content (AvgIpc) is 3.58. The van der Waals surface area contributed by atoms with Crippen LogP contribution in [0.2, 0.25) is 0 Å². The van der Waals surface area contributed by atoms with Crippen molar-refractivity contribution in [3.8, 4) is 11.5 Å². The fourth-order valence-electron chi connectivity index (χ4n) is 6.12. The smallest absolute Gasteiger partial charge is 0.497 e. The normalized spacial score (nSPS) is 15.5. The van der Waals surface area contributed by atoms with Gasteiger partial charge in [-0.15, -0.1) is 0 Å². The maximum atomic E-state index is 17.1. The number of nitrogens with zero attached hydrogens (tertiary/aromatic N) is 2. The van der Waals surface area contributed by atoms with Crippen molar-refractivity contribution in [2.24, 2.45) is 0 Å². The first-order valence-corrected chi connectivity index (χ1v) is 16.6. The van der Waals surface area contributed by atoms with Crippen molar-refractivity contribution in [2.45, 2.75) is 33.6 Å². The SMILES string of the molecule is CCCCOc1ccc(/C=C/c2cc(C)c3n2[B-](F)(F)[N+]2=C(/C=C/c4ccc(OC)cc4)C=C(C)C2=C3c2ccc(I)cc2)cc1. The molecule has 4 nitrogen and oxygen atoms in total. The van der Waals surface area contributed by atoms with Gasteiger partial charge in [0.25, 0.3) is 0 Å². The molecule has 0 saturated carbocycles. The van der Waals surface area contributed by atoms with Gasteiger partial charge in [0, 0.05) is 32.7 Å². The zero-order chi connectivity index (χ0) is 32.4. The molecule has 0 amide bonds. The van der Waals surface area contributed by atoms with Crippen molar-refractivity contribution in [3.05, 3.63) is 139 Å². The predicted molar refractivity (Wildman–Crippen MR) is 195 cm³/mol. The molecule has 0 spiro atoms. The fourth-order valence-corrected chi connectivity index (χ4v) is 6.48. The van der Waals surface area contributed by atoms with Crippen LogP contribution in [0.15, 0.2) is 102 Å². The Morgan fingerprint density at radius 1 is 0.848 bits per heavy atom. The number of aryl methyl sites for hydroxylation is 1. The van der Waals surface area contributed by atoms with Crippen molar-refractivity contribution in [1.82, 2.24) is 4.48 Å². The van der Waals surface area contributed by atoms with Crippen molar-refractivity contribution in [2.75, 3.05) is 13.7 Å². The minimum atomic E-state index is -4.25. The number of unbranched alkanes of at least 4 members (excludes halogenated alkanes) is 1. The average molecular weight is 728 g/mol. The van der Waals surface area contributed by atoms with Crippen LogP contribution in [0, 0.1) is 10.5 Å². The quantitative estimate of drug-likeness (QED) is 0.0924. The van der Waals surface area contributed by atoms with Gasteiger partial charge in [0.05, 0.1) is 19.3 Å². The Morgan fingerprint density at radius 3 is 2.11 bits per heavy atom. The Bertz CT molecular complexity index is 1920. The summed E-state index contributed by atoms with van der Waals surface area (Å²) >= 11 is 2.27. The number of halogens is 3. The van der Waals surface area contributed by atoms with Gasteiger partial charge >= 0.3 is 6.97 Å². The zero-order valence-electron chi connectivity index (χ0n) is 26.4. The Balaban J connectivity index is 1.47. The largest absolute Gasteiger partial charge is 0.737 e. The summed E-state index contributed by atoms with van der Waals surface area (Å²) in [7, 11) is 1.62. The molecular formula is C38H36BF2IN2O2. The van der Waals surface area contributed by atoms with E-state index in [1.807, 2.05) is 111 Å². The van der Waals surface area contributed by atoms with Gasteiger partial charge in [0.2, 0.25) is 0 Å². The molecule has 1 aromatic heterocycles. The molecule has 0 aliphatic carbocycles. The summed E-state index contributed by atoms with van der Waals surface area (Å²) in [6.45, 7) is 2.39. The first-order chi connectivity index (χ1) is 22.2. The molecule has 0 N–H and O–H groups in total. The summed E-state index contributed by atoms with van der Waals surface area (Å²) in [4.78, 5) is 0. The highest BCUT2D eigenvalue weighted by Gasteiger charge is 2.55. The van der Waals surface area contributed by atoms with Gasteiger partial charge in [0.1, 0.15) is 11.5 Å². The molecule has 3 heterocycles. The van der Waals surface area contributed by atoms with Crippen LogP contribution < -0.4 is 9.47 Å². The third-order valence-corrected chi connectivity index (χ3v) is 9.12. The van der Waals surface area contributed by atoms with Crippen LogP contribution in [0.5, 0.6) is 11.5 Å². The predicted octanol–water partition coefficient (Wildman–Crippen LogP) is 9.88. The summed E-state index contributed by atoms with van der Waals surface area (Å²) in [6, 6.07) is 25.2. The molecule has 0 saturated heterocycles. The number of ether oxygens (including phenoxy) is 2. The van der Waals surface area contributed by atoms with Crippen LogP contribution in [0.25, 0.3) is 23.8 Å². The van der Waals surface area contributed by atoms with Crippen LogP contribution >= 0.6 is 22.6 Å². The van der Waals surface area contributed by atoms with Crippen molar-refractivity contribution >= 4 is 59.1 Å². The van der Waals surface area contributed by atoms with Gasteiger partial charge in [-0.25, -0.2) is 0 Å². The third kappa shape index (κ3) is 6.15. The monoisotopic (exact) mass is 728 g/mol. The molecule has 0 radical (unpaired) electrons. The standard InChI is InChI=1S/C38H36BF2IN2O2/c1-5-6-23-46-35-21-11-29(12-22-35)8-18-33-25-27(3)38-36(30-13-15-31(42)16-14-30)37-26(2)24-32(43(37)39(40,41)44(33)38)17-7-28-9-19-34(45-4)20-10-28/h7-22,24-25H,5-6,23H2,1-4H3/b17-7+,18-8+. The van der Waals surface area contributed by atoms with Crippen molar-refractivity contribution in [1.29, 1.82) is 0 Å². The Hall–Kier alpha value is -4.18. The van der Waals surface area contributed by atoms with Crippen molar-refractivity contribution in [3.63, 3.8) is 0 Å². The number of allylic oxidation sites excluding steroid dienone is 3. The van der Waals surface area contributed by atoms with E-state index < -0.39 is 6.97 Å². The van der Waals surface area contributed by atoms with Gasteiger partial charge in [-0.2, -0.15) is 0 Å². The molecule has 2 aliphatic rings. The Morgan fingerprint density at radius 2 is 1.48 bits per heavy atom. The molecule has 2 aliphatic heterocycles. The van der Waals surface area contributed by atoms with E-state index in [0.717, 1.165) is 61.3 Å². The highest BCUT2D eigenvalue weighted by Crippen LogP contribution is 2.44. The van der Waals surface area contributed by atoms with Crippen LogP contribution in [-0.2, 0) is 0 Å². The van der Waals surface area contributed by atoms with E-state index in [1.165, 1.54) is 8.96 Å². The maximum absolute atomic E-state index is 17.1. The van der Waals surface area contributed by atoms with Crippen LogP contribution in [0.1, 0.15) is 60.3 Å². The molecular weight excluding hydrogens is 692 g/mol. The zero-order valence-corrected chi connectivity index (χ0v) is 28.6. The lowest BCUT2D eigenvalue weighted by Crippen LogP contribution is -2.51. The number of fused-ring (bicyclic) bond motifs is 2. The van der Waals surface area contributed by atoms with E-state index >= 15 is 8.63 Å². The molecule has 4 aromatic rings. The fraction of sp³-hybridized carbons (Fsp3) is 0.184. The van der Waals surface area contributed by atoms with Crippen LogP contribution in [0.4, 0.5) is 8.63 Å². The van der Waals surface area contributed by atoms with Gasteiger partial charge in [-0.05, 0) is 120 Å². The second-order valence-electron chi connectivity index (χ2n) is 11.6. The molecule has 0 bridgehead atoms. The molecule has 0 fully saturated rings. The summed E-state index contributed by atoms with van der Waals surface area (Å²) in [5.41, 5.74) is 7.09. The summed E-state index contributed by atoms with van der Waals surface area (Å²) < 4.78 is 48.9. The number of methoxy groups -OCH3 is 1. The maximum Gasteiger partial charge on any atom is 0.737 e. The van der Waals surface area contributed by atoms with Crippen LogP contribution in [-0.4, -0.2) is 35.4 Å². The van der Waals surface area contributed by atoms with Gasteiger partial charge in [-0.3, -0.25) is 0 Å². The number of hydrogen-bond donors (Lipinski definition) is 0. The number of benzene rings is 3. The molecule has 234 valence electrons. The highest BCUT2D eigenvalue weighted by molar-refractivity contribution is 14.1. The van der Waals surface area contributed by atoms with E-state index in [4.69, 9.17) is 9.47 Å². The Labute approximate surface area is 283 Å². The lowest BCUT2D eigenvalue weighted by molar-refractivity contribution is -0.362. The molecule has 46 heavy (non-hydrogen) atoms. The summed E-state index contributed by atoms with van der Waals surface area (Å²) in [6.07, 6.45) is 11.2. The van der Waals surface area contributed by atoms with E-state index in [1.54, 1.807) is 19.3 Å². The van der Waals surface area contributed by atoms with Gasteiger partial charge in [-0.1, -0.05) is 55.8 Å². The second-order valence-corrected chi connectivity index (χ2v) is 12.9. The van der Waals surface area contributed by atoms with E-state index in [0.29, 0.717) is 29.4 Å². The minimum Gasteiger partial charge on any atom is -0.497 e. The van der Waals surface area contributed by atoms with Crippen molar-refractivity contribution < 1.29 is 22.6 Å². The molecule has 0 atom stereocenters. The topological polar surface area (TPSA) is 26.4 Å². The molecule has 8 heteroatoms. The van der Waals surface area contributed by atoms with Gasteiger partial charge in [0.15, 0.2) is 11.4 Å². The first kappa shape index (κ1) is 31.8. The number of rotatable bonds is 10. The molecule has 0 unspecified atom stereocenters. The minimum absolute atomic E-state index is 0.446. The summed E-state index contributed by atoms with van der Waals surface area (Å²) in [5.74, 6) is 1.55. The van der Waals surface area contributed by atoms with Crippen LogP contribution in [0.3, 0.4) is 0 Å². The highest BCUT2D eigenvalue weighted by atomic mass is 127. The van der Waals surface area contributed by atoms with E-state index in [9.17, 15) is 0 Å². The van der Waals surface area contributed by atoms with E-state index in [2.05, 4.69) is 29.5 Å². The lowest BCUT2D eigenvalue weighted by Gasteiger charge is -2.34. The summed E-state index contributed by atoms with van der Waals surface area (Å²) in [5, 5.41) is 0. The third-order valence-electron chi connectivity index (χ3n) is 8.40. The van der Waals surface area contributed by atoms with Gasteiger partial charge < -0.3 is 27.1 Å². The molecule has 6 rings (SSSR count). The molecule has 3 aromatic carbocycles.